The van der Waals surface area contributed by atoms with Crippen molar-refractivity contribution in [1.82, 2.24) is 0 Å². The van der Waals surface area contributed by atoms with Crippen LogP contribution in [-0.2, 0) is 9.47 Å². The zero-order valence-corrected chi connectivity index (χ0v) is 12.8. The van der Waals surface area contributed by atoms with Crippen LogP contribution in [0.1, 0.15) is 32.6 Å². The van der Waals surface area contributed by atoms with Crippen LogP contribution < -0.4 is 5.73 Å². The van der Waals surface area contributed by atoms with Gasteiger partial charge in [-0.15, -0.1) is 0 Å². The first kappa shape index (κ1) is 19.1. The molecule has 1 amide bonds. The number of hydrogen-bond acceptors (Lipinski definition) is 7. The average Bonchev–Trinajstić information content (AvgIpc) is 2.48. The molecule has 1 aliphatic heterocycles. The Balaban J connectivity index is 2.91. The highest BCUT2D eigenvalue weighted by atomic mass is 16.6. The van der Waals surface area contributed by atoms with E-state index >= 15 is 0 Å². The summed E-state index contributed by atoms with van der Waals surface area (Å²) >= 11 is 0. The quantitative estimate of drug-likeness (QED) is 0.391. The first-order valence-corrected chi connectivity index (χ1v) is 7.65. The predicted octanol–water partition coefficient (Wildman–Crippen LogP) is -0.879. The minimum Gasteiger partial charge on any atom is -0.441 e. The molecular formula is C14H27NO7. The minimum atomic E-state index is -1.37. The minimum absolute atomic E-state index is 0.0748. The third kappa shape index (κ3) is 4.79. The molecule has 6 N–H and O–H groups in total. The van der Waals surface area contributed by atoms with Gasteiger partial charge in [-0.3, -0.25) is 0 Å². The molecule has 0 aliphatic carbocycles. The molecule has 0 aromatic carbocycles. The molecule has 1 aliphatic rings. The highest BCUT2D eigenvalue weighted by molar-refractivity contribution is 5.65. The molecular weight excluding hydrogens is 294 g/mol. The summed E-state index contributed by atoms with van der Waals surface area (Å²) in [4.78, 5) is 11.0. The van der Waals surface area contributed by atoms with Gasteiger partial charge in [0.1, 0.15) is 18.3 Å². The first-order chi connectivity index (χ1) is 10.5. The van der Waals surface area contributed by atoms with E-state index in [4.69, 9.17) is 15.2 Å². The summed E-state index contributed by atoms with van der Waals surface area (Å²) in [6, 6.07) is 0. The molecule has 0 radical (unpaired) electrons. The smallest absolute Gasteiger partial charge is 0.404 e. The van der Waals surface area contributed by atoms with Crippen LogP contribution in [0.3, 0.4) is 0 Å². The fraction of sp³-hybridized carbons (Fsp3) is 0.929. The highest BCUT2D eigenvalue weighted by Crippen LogP contribution is 2.31. The van der Waals surface area contributed by atoms with Gasteiger partial charge in [0, 0.05) is 6.61 Å². The molecule has 22 heavy (non-hydrogen) atoms. The van der Waals surface area contributed by atoms with Gasteiger partial charge >= 0.3 is 6.09 Å². The van der Waals surface area contributed by atoms with Crippen molar-refractivity contribution < 1.29 is 34.7 Å². The van der Waals surface area contributed by atoms with E-state index in [-0.39, 0.29) is 12.5 Å². The maximum Gasteiger partial charge on any atom is 0.404 e. The second-order valence-electron chi connectivity index (χ2n) is 5.62. The molecule has 8 heteroatoms. The van der Waals surface area contributed by atoms with Crippen LogP contribution in [0.25, 0.3) is 0 Å². The Hall–Kier alpha value is -0.930. The molecule has 0 aromatic heterocycles. The van der Waals surface area contributed by atoms with Crippen LogP contribution in [0.5, 0.6) is 0 Å². The van der Waals surface area contributed by atoms with E-state index in [1.165, 1.54) is 0 Å². The van der Waals surface area contributed by atoms with Crippen LogP contribution in [0.4, 0.5) is 4.79 Å². The number of rotatable bonds is 8. The van der Waals surface area contributed by atoms with E-state index < -0.39 is 43.2 Å². The summed E-state index contributed by atoms with van der Waals surface area (Å²) in [6.07, 6.45) is -3.85. The Morgan fingerprint density at radius 2 is 1.95 bits per heavy atom. The van der Waals surface area contributed by atoms with Crippen LogP contribution >= 0.6 is 0 Å². The molecule has 1 heterocycles. The second-order valence-corrected chi connectivity index (χ2v) is 5.62. The van der Waals surface area contributed by atoms with Crippen LogP contribution in [-0.4, -0.2) is 70.3 Å². The summed E-state index contributed by atoms with van der Waals surface area (Å²) in [5.74, 6) is -0.180. The molecule has 1 fully saturated rings. The third-order valence-electron chi connectivity index (χ3n) is 4.05. The molecule has 0 bridgehead atoms. The van der Waals surface area contributed by atoms with Gasteiger partial charge in [-0.25, -0.2) is 4.79 Å². The Morgan fingerprint density at radius 1 is 1.27 bits per heavy atom. The number of nitrogens with two attached hydrogens (primary N) is 1. The lowest BCUT2D eigenvalue weighted by molar-refractivity contribution is -0.241. The van der Waals surface area contributed by atoms with Crippen molar-refractivity contribution in [2.75, 3.05) is 13.2 Å². The zero-order chi connectivity index (χ0) is 16.7. The monoisotopic (exact) mass is 321 g/mol. The van der Waals surface area contributed by atoms with Crippen LogP contribution in [0, 0.1) is 5.92 Å². The van der Waals surface area contributed by atoms with Crippen molar-refractivity contribution >= 4 is 6.09 Å². The van der Waals surface area contributed by atoms with Crippen molar-refractivity contribution in [2.45, 2.75) is 63.1 Å². The third-order valence-corrected chi connectivity index (χ3v) is 4.05. The molecule has 1 saturated heterocycles. The van der Waals surface area contributed by atoms with Gasteiger partial charge in [0.2, 0.25) is 0 Å². The zero-order valence-electron chi connectivity index (χ0n) is 12.8. The summed E-state index contributed by atoms with van der Waals surface area (Å²) in [5.41, 5.74) is 4.97. The van der Waals surface area contributed by atoms with Crippen molar-refractivity contribution in [2.24, 2.45) is 11.7 Å². The van der Waals surface area contributed by atoms with Crippen LogP contribution in [0.2, 0.25) is 0 Å². The average molecular weight is 321 g/mol. The maximum atomic E-state index is 11.0. The van der Waals surface area contributed by atoms with Crippen molar-refractivity contribution in [3.8, 4) is 0 Å². The molecule has 8 nitrogen and oxygen atoms in total. The number of ether oxygens (including phenoxy) is 2. The van der Waals surface area contributed by atoms with Gasteiger partial charge in [0.25, 0.3) is 0 Å². The highest BCUT2D eigenvalue weighted by Gasteiger charge is 2.48. The topological polar surface area (TPSA) is 142 Å². The lowest BCUT2D eigenvalue weighted by Gasteiger charge is -2.44. The lowest BCUT2D eigenvalue weighted by atomic mass is 9.83. The molecule has 1 unspecified atom stereocenters. The normalized spacial score (nSPS) is 33.4. The van der Waals surface area contributed by atoms with Gasteiger partial charge in [0.05, 0.1) is 12.7 Å². The number of carbonyl (C=O) groups is 1. The van der Waals surface area contributed by atoms with E-state index in [0.29, 0.717) is 12.8 Å². The van der Waals surface area contributed by atoms with Gasteiger partial charge < -0.3 is 35.6 Å². The summed E-state index contributed by atoms with van der Waals surface area (Å²) in [6.45, 7) is 1.46. The van der Waals surface area contributed by atoms with Crippen molar-refractivity contribution in [3.05, 3.63) is 0 Å². The number of unbranched alkanes of at least 4 members (excludes halogenated alkanes) is 1. The summed E-state index contributed by atoms with van der Waals surface area (Å²) in [7, 11) is 0. The van der Waals surface area contributed by atoms with E-state index in [0.717, 1.165) is 12.8 Å². The number of aliphatic hydroxyl groups is 4. The van der Waals surface area contributed by atoms with Gasteiger partial charge in [-0.05, 0) is 18.8 Å². The van der Waals surface area contributed by atoms with E-state index in [1.54, 1.807) is 0 Å². The van der Waals surface area contributed by atoms with Gasteiger partial charge in [-0.2, -0.15) is 0 Å². The van der Waals surface area contributed by atoms with Gasteiger partial charge in [-0.1, -0.05) is 19.8 Å². The SMILES string of the molecule is CCCCC(CCO)[C@@H]1O[C@H](CO)[C@@H](O)[C@H](OC(N)=O)[C@@H]1O. The fourth-order valence-electron chi connectivity index (χ4n) is 2.88. The molecule has 0 aromatic rings. The molecule has 0 spiro atoms. The van der Waals surface area contributed by atoms with E-state index in [9.17, 15) is 25.2 Å². The van der Waals surface area contributed by atoms with E-state index in [1.807, 2.05) is 6.92 Å². The number of carbonyl (C=O) groups excluding carboxylic acids is 1. The second kappa shape index (κ2) is 9.26. The Labute approximate surface area is 129 Å². The first-order valence-electron chi connectivity index (χ1n) is 7.65. The standard InChI is InChI=1S/C14H27NO7/c1-2-3-4-8(5-6-16)12-11(19)13(22-14(15)20)10(18)9(7-17)21-12/h8-13,16-19H,2-7H2,1H3,(H2,15,20)/t8?,9-,10-,11-,12+,13+/m1/s1. The van der Waals surface area contributed by atoms with Crippen LogP contribution in [0.15, 0.2) is 0 Å². The molecule has 6 atom stereocenters. The van der Waals surface area contributed by atoms with Crippen molar-refractivity contribution in [3.63, 3.8) is 0 Å². The fourth-order valence-corrected chi connectivity index (χ4v) is 2.88. The molecule has 130 valence electrons. The number of amides is 1. The maximum absolute atomic E-state index is 11.0. The van der Waals surface area contributed by atoms with E-state index in [2.05, 4.69) is 0 Å². The Kier molecular flexibility index (Phi) is 8.05. The largest absolute Gasteiger partial charge is 0.441 e. The Bertz CT molecular complexity index is 341. The Morgan fingerprint density at radius 3 is 2.45 bits per heavy atom. The molecule has 1 rings (SSSR count). The van der Waals surface area contributed by atoms with Gasteiger partial charge in [0.15, 0.2) is 6.10 Å². The lowest BCUT2D eigenvalue weighted by Crippen LogP contribution is -2.61. The number of aliphatic hydroxyl groups excluding tert-OH is 4. The van der Waals surface area contributed by atoms with Crippen molar-refractivity contribution in [1.29, 1.82) is 0 Å². The number of primary amides is 1. The molecule has 0 saturated carbocycles. The summed E-state index contributed by atoms with van der Waals surface area (Å²) < 4.78 is 10.4. The number of hydrogen-bond donors (Lipinski definition) is 5. The summed E-state index contributed by atoms with van der Waals surface area (Å²) in [5, 5.41) is 38.9. The predicted molar refractivity (Wildman–Crippen MR) is 76.9 cm³/mol.